The Hall–Kier alpha value is -3.41. The van der Waals surface area contributed by atoms with Crippen molar-refractivity contribution in [1.29, 1.82) is 0 Å². The van der Waals surface area contributed by atoms with Crippen LogP contribution in [0.1, 0.15) is 11.1 Å². The van der Waals surface area contributed by atoms with E-state index in [0.717, 1.165) is 10.5 Å². The number of barbiturate groups is 1. The maximum absolute atomic E-state index is 13.0. The van der Waals surface area contributed by atoms with Gasteiger partial charge in [-0.05, 0) is 65.4 Å². The predicted molar refractivity (Wildman–Crippen MR) is 119 cm³/mol. The number of anilines is 1. The van der Waals surface area contributed by atoms with Gasteiger partial charge >= 0.3 is 12.0 Å². The van der Waals surface area contributed by atoms with Gasteiger partial charge in [-0.3, -0.25) is 14.9 Å². The zero-order valence-electron chi connectivity index (χ0n) is 16.5. The number of carboxylic acid groups (broad SMARTS) is 1. The van der Waals surface area contributed by atoms with Crippen molar-refractivity contribution in [3.05, 3.63) is 56.7 Å². The largest absolute Gasteiger partial charge is 0.493 e. The summed E-state index contributed by atoms with van der Waals surface area (Å²) in [5, 5.41) is 11.0. The number of hydrogen-bond acceptors (Lipinski definition) is 6. The highest BCUT2D eigenvalue weighted by molar-refractivity contribution is 14.1. The molecule has 0 spiro atoms. The van der Waals surface area contributed by atoms with Crippen LogP contribution in [0.25, 0.3) is 6.08 Å². The number of imide groups is 2. The Morgan fingerprint density at radius 1 is 1.19 bits per heavy atom. The third-order valence-electron chi connectivity index (χ3n) is 4.30. The number of benzene rings is 2. The fourth-order valence-corrected chi connectivity index (χ4v) is 3.63. The Bertz CT molecular complexity index is 1110. The first-order chi connectivity index (χ1) is 14.7. The summed E-state index contributed by atoms with van der Waals surface area (Å²) in [4.78, 5) is 49.3. The molecule has 2 aromatic rings. The Balaban J connectivity index is 1.99. The molecule has 1 heterocycles. The van der Waals surface area contributed by atoms with Crippen molar-refractivity contribution in [2.75, 3.05) is 18.6 Å². The molecule has 9 nitrogen and oxygen atoms in total. The topological polar surface area (TPSA) is 122 Å². The van der Waals surface area contributed by atoms with Crippen LogP contribution in [0.5, 0.6) is 11.5 Å². The average molecular weight is 536 g/mol. The number of rotatable bonds is 6. The zero-order chi connectivity index (χ0) is 22.7. The average Bonchev–Trinajstić information content (AvgIpc) is 2.71. The van der Waals surface area contributed by atoms with Gasteiger partial charge in [-0.2, -0.15) is 0 Å². The molecule has 2 N–H and O–H groups in total. The zero-order valence-corrected chi connectivity index (χ0v) is 18.6. The number of nitrogens with one attached hydrogen (secondary N) is 1. The molecule has 1 aliphatic rings. The Kier molecular flexibility index (Phi) is 6.59. The number of carbonyl (C=O) groups excluding carboxylic acids is 3. The fraction of sp³-hybridized carbons (Fsp3) is 0.143. The number of aliphatic carboxylic acids is 1. The minimum Gasteiger partial charge on any atom is -0.493 e. The van der Waals surface area contributed by atoms with Crippen LogP contribution in [0, 0.1) is 10.5 Å². The summed E-state index contributed by atoms with van der Waals surface area (Å²) in [5.41, 5.74) is 1.47. The Labute approximate surface area is 190 Å². The minimum atomic E-state index is -1.14. The maximum atomic E-state index is 13.0. The van der Waals surface area contributed by atoms with E-state index in [9.17, 15) is 19.2 Å². The normalized spacial score (nSPS) is 15.1. The van der Waals surface area contributed by atoms with Crippen LogP contribution < -0.4 is 19.7 Å². The second-order valence-electron chi connectivity index (χ2n) is 6.51. The van der Waals surface area contributed by atoms with Gasteiger partial charge in [0.1, 0.15) is 5.57 Å². The molecule has 0 radical (unpaired) electrons. The van der Waals surface area contributed by atoms with Gasteiger partial charge in [-0.25, -0.2) is 14.5 Å². The number of aryl methyl sites for hydroxylation is 1. The van der Waals surface area contributed by atoms with E-state index in [-0.39, 0.29) is 17.1 Å². The summed E-state index contributed by atoms with van der Waals surface area (Å²) in [7, 11) is 1.38. The van der Waals surface area contributed by atoms with Crippen molar-refractivity contribution < 1.29 is 33.8 Å². The lowest BCUT2D eigenvalue weighted by Gasteiger charge is -2.26. The molecule has 4 amide bonds. The van der Waals surface area contributed by atoms with E-state index in [4.69, 9.17) is 14.6 Å². The van der Waals surface area contributed by atoms with Gasteiger partial charge in [-0.15, -0.1) is 0 Å². The van der Waals surface area contributed by atoms with Crippen molar-refractivity contribution >= 4 is 58.2 Å². The van der Waals surface area contributed by atoms with E-state index < -0.39 is 30.4 Å². The SMILES string of the molecule is COc1cc(/C=C2\C(=O)NC(=O)N(c3ccc(C)cc3)C2=O)cc(I)c1OCC(=O)O. The summed E-state index contributed by atoms with van der Waals surface area (Å²) in [6.07, 6.45) is 1.33. The third kappa shape index (κ3) is 4.85. The molecule has 3 rings (SSSR count). The fourth-order valence-electron chi connectivity index (χ4n) is 2.85. The number of amides is 4. The number of urea groups is 1. The van der Waals surface area contributed by atoms with Gasteiger partial charge in [0, 0.05) is 0 Å². The lowest BCUT2D eigenvalue weighted by Crippen LogP contribution is -2.54. The molecule has 1 aliphatic heterocycles. The Morgan fingerprint density at radius 3 is 2.48 bits per heavy atom. The summed E-state index contributed by atoms with van der Waals surface area (Å²) < 4.78 is 11.0. The summed E-state index contributed by atoms with van der Waals surface area (Å²) in [5.74, 6) is -2.27. The van der Waals surface area contributed by atoms with Crippen molar-refractivity contribution in [3.63, 3.8) is 0 Å². The molecule has 1 fully saturated rings. The predicted octanol–water partition coefficient (Wildman–Crippen LogP) is 2.74. The molecule has 0 aliphatic carbocycles. The molecule has 160 valence electrons. The molecule has 0 atom stereocenters. The van der Waals surface area contributed by atoms with Gasteiger partial charge in [0.15, 0.2) is 18.1 Å². The quantitative estimate of drug-likeness (QED) is 0.331. The van der Waals surface area contributed by atoms with E-state index in [1.165, 1.54) is 19.3 Å². The lowest BCUT2D eigenvalue weighted by atomic mass is 10.1. The number of hydrogen-bond donors (Lipinski definition) is 2. The number of halogens is 1. The van der Waals surface area contributed by atoms with Crippen LogP contribution in [0.2, 0.25) is 0 Å². The molecule has 0 unspecified atom stereocenters. The first-order valence-electron chi connectivity index (χ1n) is 8.91. The first kappa shape index (κ1) is 22.3. The van der Waals surface area contributed by atoms with Gasteiger partial charge in [0.2, 0.25) is 0 Å². The highest BCUT2D eigenvalue weighted by Gasteiger charge is 2.36. The molecule has 0 aromatic heterocycles. The maximum Gasteiger partial charge on any atom is 0.341 e. The van der Waals surface area contributed by atoms with Crippen molar-refractivity contribution in [3.8, 4) is 11.5 Å². The van der Waals surface area contributed by atoms with Crippen molar-refractivity contribution in [1.82, 2.24) is 5.32 Å². The van der Waals surface area contributed by atoms with Crippen LogP contribution in [-0.4, -0.2) is 42.6 Å². The lowest BCUT2D eigenvalue weighted by molar-refractivity contribution is -0.139. The summed E-state index contributed by atoms with van der Waals surface area (Å²) >= 11 is 1.93. The highest BCUT2D eigenvalue weighted by Crippen LogP contribution is 2.35. The van der Waals surface area contributed by atoms with E-state index in [1.807, 2.05) is 29.5 Å². The van der Waals surface area contributed by atoms with Crippen LogP contribution in [0.15, 0.2) is 42.0 Å². The highest BCUT2D eigenvalue weighted by atomic mass is 127. The molecule has 0 bridgehead atoms. The number of ether oxygens (including phenoxy) is 2. The van der Waals surface area contributed by atoms with Crippen LogP contribution in [0.3, 0.4) is 0 Å². The second-order valence-corrected chi connectivity index (χ2v) is 7.67. The van der Waals surface area contributed by atoms with E-state index in [0.29, 0.717) is 14.8 Å². The number of methoxy groups -OCH3 is 1. The van der Waals surface area contributed by atoms with Crippen molar-refractivity contribution in [2.24, 2.45) is 0 Å². The molecule has 10 heteroatoms. The number of carbonyl (C=O) groups is 4. The molecule has 2 aromatic carbocycles. The van der Waals surface area contributed by atoms with Gasteiger partial charge in [0.05, 0.1) is 16.4 Å². The molecule has 31 heavy (non-hydrogen) atoms. The van der Waals surface area contributed by atoms with E-state index >= 15 is 0 Å². The smallest absolute Gasteiger partial charge is 0.341 e. The van der Waals surface area contributed by atoms with Gasteiger partial charge in [0.25, 0.3) is 11.8 Å². The molecular formula is C21H17IN2O7. The minimum absolute atomic E-state index is 0.225. The number of nitrogens with zero attached hydrogens (tertiary/aromatic N) is 1. The standard InChI is InChI=1S/C21H17IN2O7/c1-11-3-5-13(6-4-11)24-20(28)14(19(27)23-21(24)29)7-12-8-15(22)18(16(9-12)30-2)31-10-17(25)26/h3-9H,10H2,1-2H3,(H,25,26)(H,23,27,29)/b14-7+. The first-order valence-corrected chi connectivity index (χ1v) is 9.99. The van der Waals surface area contributed by atoms with Gasteiger partial charge in [-0.1, -0.05) is 17.7 Å². The summed E-state index contributed by atoms with van der Waals surface area (Å²) in [6.45, 7) is 1.32. The molecule has 0 saturated carbocycles. The second kappa shape index (κ2) is 9.16. The molecule has 1 saturated heterocycles. The van der Waals surface area contributed by atoms with E-state index in [2.05, 4.69) is 5.32 Å². The molecular weight excluding hydrogens is 519 g/mol. The van der Waals surface area contributed by atoms with Crippen molar-refractivity contribution in [2.45, 2.75) is 6.92 Å². The monoisotopic (exact) mass is 536 g/mol. The van der Waals surface area contributed by atoms with Crippen LogP contribution >= 0.6 is 22.6 Å². The summed E-state index contributed by atoms with van der Waals surface area (Å²) in [6, 6.07) is 8.99. The van der Waals surface area contributed by atoms with Crippen LogP contribution in [0.4, 0.5) is 10.5 Å². The Morgan fingerprint density at radius 2 is 1.87 bits per heavy atom. The third-order valence-corrected chi connectivity index (χ3v) is 5.10. The van der Waals surface area contributed by atoms with Crippen LogP contribution in [-0.2, 0) is 14.4 Å². The number of carboxylic acids is 1. The van der Waals surface area contributed by atoms with E-state index in [1.54, 1.807) is 30.3 Å². The van der Waals surface area contributed by atoms with Gasteiger partial charge < -0.3 is 14.6 Å².